The van der Waals surface area contributed by atoms with E-state index >= 15 is 0 Å². The van der Waals surface area contributed by atoms with Crippen molar-refractivity contribution in [3.05, 3.63) is 56.5 Å². The number of rotatable bonds is 6. The number of halogens is 2. The second-order valence-electron chi connectivity index (χ2n) is 6.59. The van der Waals surface area contributed by atoms with Crippen LogP contribution in [0, 0.1) is 6.92 Å². The molecule has 3 rings (SSSR count). The summed E-state index contributed by atoms with van der Waals surface area (Å²) in [6.07, 6.45) is 1.37. The molecule has 1 aliphatic heterocycles. The maximum atomic E-state index is 13.1. The highest BCUT2D eigenvalue weighted by molar-refractivity contribution is 9.10. The number of barbiturate groups is 1. The molecule has 162 valence electrons. The number of carbonyl (C=O) groups is 3. The number of ether oxygens (including phenoxy) is 2. The van der Waals surface area contributed by atoms with Gasteiger partial charge < -0.3 is 9.47 Å². The van der Waals surface area contributed by atoms with E-state index in [-0.39, 0.29) is 10.6 Å². The summed E-state index contributed by atoms with van der Waals surface area (Å²) in [6, 6.07) is 7.39. The van der Waals surface area contributed by atoms with Crippen molar-refractivity contribution in [3.63, 3.8) is 0 Å². The van der Waals surface area contributed by atoms with Crippen molar-refractivity contribution < 1.29 is 23.9 Å². The first kappa shape index (κ1) is 22.8. The highest BCUT2D eigenvalue weighted by atomic mass is 79.9. The molecule has 0 aromatic heterocycles. The highest BCUT2D eigenvalue weighted by Gasteiger charge is 2.37. The third kappa shape index (κ3) is 4.75. The van der Waals surface area contributed by atoms with Gasteiger partial charge in [0.2, 0.25) is 0 Å². The molecule has 9 heteroatoms. The molecule has 0 saturated carbocycles. The third-order valence-electron chi connectivity index (χ3n) is 4.43. The van der Waals surface area contributed by atoms with Crippen LogP contribution in [0.15, 0.2) is 40.4 Å². The zero-order valence-corrected chi connectivity index (χ0v) is 19.5. The van der Waals surface area contributed by atoms with Gasteiger partial charge in [0.15, 0.2) is 11.5 Å². The summed E-state index contributed by atoms with van der Waals surface area (Å²) < 4.78 is 12.0. The number of amides is 4. The van der Waals surface area contributed by atoms with E-state index in [9.17, 15) is 14.4 Å². The number of nitrogens with one attached hydrogen (secondary N) is 1. The minimum absolute atomic E-state index is 0.206. The van der Waals surface area contributed by atoms with Gasteiger partial charge in [0.05, 0.1) is 23.9 Å². The quantitative estimate of drug-likeness (QED) is 0.445. The van der Waals surface area contributed by atoms with Crippen LogP contribution in [0.4, 0.5) is 10.5 Å². The van der Waals surface area contributed by atoms with Crippen LogP contribution in [0.25, 0.3) is 6.08 Å². The number of anilines is 1. The summed E-state index contributed by atoms with van der Waals surface area (Å²) in [5, 5.41) is 2.48. The molecule has 0 spiro atoms. The van der Waals surface area contributed by atoms with Crippen LogP contribution >= 0.6 is 27.5 Å². The lowest BCUT2D eigenvalue weighted by molar-refractivity contribution is -0.122. The van der Waals surface area contributed by atoms with Crippen molar-refractivity contribution in [2.75, 3.05) is 18.1 Å². The summed E-state index contributed by atoms with van der Waals surface area (Å²) in [7, 11) is 0. The van der Waals surface area contributed by atoms with Crippen molar-refractivity contribution in [2.24, 2.45) is 0 Å². The molecule has 1 N–H and O–H groups in total. The monoisotopic (exact) mass is 506 g/mol. The van der Waals surface area contributed by atoms with E-state index in [1.807, 2.05) is 20.8 Å². The van der Waals surface area contributed by atoms with E-state index in [1.165, 1.54) is 6.08 Å². The number of benzene rings is 2. The second-order valence-corrected chi connectivity index (χ2v) is 7.85. The molecule has 4 amide bonds. The first-order valence-electron chi connectivity index (χ1n) is 9.53. The molecule has 31 heavy (non-hydrogen) atoms. The van der Waals surface area contributed by atoms with Crippen LogP contribution in [0.5, 0.6) is 11.5 Å². The maximum Gasteiger partial charge on any atom is 0.335 e. The molecule has 0 unspecified atom stereocenters. The van der Waals surface area contributed by atoms with E-state index in [0.29, 0.717) is 36.0 Å². The molecular formula is C22H20BrClN2O5. The van der Waals surface area contributed by atoms with Crippen molar-refractivity contribution in [1.82, 2.24) is 5.32 Å². The van der Waals surface area contributed by atoms with Gasteiger partial charge in [-0.05, 0) is 68.3 Å². The molecule has 7 nitrogen and oxygen atoms in total. The number of urea groups is 1. The Bertz CT molecular complexity index is 1100. The van der Waals surface area contributed by atoms with Gasteiger partial charge in [-0.3, -0.25) is 14.9 Å². The lowest BCUT2D eigenvalue weighted by Crippen LogP contribution is -2.54. The average molecular weight is 508 g/mol. The lowest BCUT2D eigenvalue weighted by atomic mass is 10.1. The van der Waals surface area contributed by atoms with E-state index in [1.54, 1.807) is 30.3 Å². The van der Waals surface area contributed by atoms with E-state index in [2.05, 4.69) is 21.2 Å². The lowest BCUT2D eigenvalue weighted by Gasteiger charge is -2.26. The Balaban J connectivity index is 2.04. The average Bonchev–Trinajstić information content (AvgIpc) is 2.70. The predicted molar refractivity (Wildman–Crippen MR) is 122 cm³/mol. The van der Waals surface area contributed by atoms with Gasteiger partial charge in [-0.25, -0.2) is 9.69 Å². The van der Waals surface area contributed by atoms with Gasteiger partial charge >= 0.3 is 6.03 Å². The Morgan fingerprint density at radius 1 is 1.10 bits per heavy atom. The zero-order chi connectivity index (χ0) is 22.7. The molecule has 2 aromatic rings. The van der Waals surface area contributed by atoms with Crippen molar-refractivity contribution in [2.45, 2.75) is 20.8 Å². The molecule has 1 aliphatic rings. The summed E-state index contributed by atoms with van der Waals surface area (Å²) in [5.41, 5.74) is 1.43. The first-order valence-corrected chi connectivity index (χ1v) is 10.7. The summed E-state index contributed by atoms with van der Waals surface area (Å²) >= 11 is 9.72. The normalized spacial score (nSPS) is 15.3. The molecule has 1 heterocycles. The van der Waals surface area contributed by atoms with Crippen LogP contribution in [0.3, 0.4) is 0 Å². The third-order valence-corrected chi connectivity index (χ3v) is 5.60. The number of nitrogens with zero attached hydrogens (tertiary/aromatic N) is 1. The fourth-order valence-corrected chi connectivity index (χ4v) is 3.57. The molecular weight excluding hydrogens is 488 g/mol. The van der Waals surface area contributed by atoms with Crippen LogP contribution in [-0.2, 0) is 9.59 Å². The van der Waals surface area contributed by atoms with Crippen molar-refractivity contribution in [3.8, 4) is 11.5 Å². The smallest absolute Gasteiger partial charge is 0.335 e. The van der Waals surface area contributed by atoms with Gasteiger partial charge in [-0.2, -0.15) is 0 Å². The predicted octanol–water partition coefficient (Wildman–Crippen LogP) is 4.87. The van der Waals surface area contributed by atoms with Crippen LogP contribution in [-0.4, -0.2) is 31.1 Å². The molecule has 2 aromatic carbocycles. The standard InChI is InChI=1S/C22H20BrClN2O5/c1-4-30-18-11-13(10-17(24)19(18)31-5-2)9-15-20(27)25-22(29)26(21(15)28)14-6-7-16(23)12(3)8-14/h6-11H,4-5H2,1-3H3,(H,25,27,29)/b15-9+. The Labute approximate surface area is 193 Å². The molecule has 1 fully saturated rings. The minimum Gasteiger partial charge on any atom is -0.490 e. The van der Waals surface area contributed by atoms with Gasteiger partial charge in [0.25, 0.3) is 11.8 Å². The number of aryl methyl sites for hydroxylation is 1. The Kier molecular flexibility index (Phi) is 7.02. The fraction of sp³-hybridized carbons (Fsp3) is 0.227. The molecule has 0 radical (unpaired) electrons. The van der Waals surface area contributed by atoms with E-state index in [0.717, 1.165) is 14.9 Å². The van der Waals surface area contributed by atoms with Gasteiger partial charge in [-0.15, -0.1) is 0 Å². The Hall–Kier alpha value is -2.84. The number of hydrogen-bond acceptors (Lipinski definition) is 5. The topological polar surface area (TPSA) is 84.9 Å². The van der Waals surface area contributed by atoms with Crippen LogP contribution < -0.4 is 19.7 Å². The van der Waals surface area contributed by atoms with Crippen LogP contribution in [0.1, 0.15) is 25.0 Å². The van der Waals surface area contributed by atoms with Crippen LogP contribution in [0.2, 0.25) is 5.02 Å². The van der Waals surface area contributed by atoms with Gasteiger partial charge in [0.1, 0.15) is 5.57 Å². The number of hydrogen-bond donors (Lipinski definition) is 1. The molecule has 0 bridgehead atoms. The molecule has 0 atom stereocenters. The van der Waals surface area contributed by atoms with E-state index in [4.69, 9.17) is 21.1 Å². The highest BCUT2D eigenvalue weighted by Crippen LogP contribution is 2.37. The summed E-state index contributed by atoms with van der Waals surface area (Å²) in [6.45, 7) is 6.24. The first-order chi connectivity index (χ1) is 14.8. The SMILES string of the molecule is CCOc1cc(/C=C2\C(=O)NC(=O)N(c3ccc(Br)c(C)c3)C2=O)cc(Cl)c1OCC. The second kappa shape index (κ2) is 9.53. The molecule has 1 saturated heterocycles. The number of carbonyl (C=O) groups excluding carboxylic acids is 3. The van der Waals surface area contributed by atoms with Gasteiger partial charge in [-0.1, -0.05) is 27.5 Å². The zero-order valence-electron chi connectivity index (χ0n) is 17.1. The summed E-state index contributed by atoms with van der Waals surface area (Å²) in [5.74, 6) is -0.750. The Morgan fingerprint density at radius 3 is 2.45 bits per heavy atom. The summed E-state index contributed by atoms with van der Waals surface area (Å²) in [4.78, 5) is 38.8. The fourth-order valence-electron chi connectivity index (χ4n) is 3.05. The maximum absolute atomic E-state index is 13.1. The Morgan fingerprint density at radius 2 is 1.81 bits per heavy atom. The van der Waals surface area contributed by atoms with Gasteiger partial charge in [0, 0.05) is 4.47 Å². The van der Waals surface area contributed by atoms with Crippen molar-refractivity contribution >= 4 is 57.1 Å². The molecule has 0 aliphatic carbocycles. The number of imide groups is 2. The van der Waals surface area contributed by atoms with Crippen molar-refractivity contribution in [1.29, 1.82) is 0 Å². The minimum atomic E-state index is -0.811. The largest absolute Gasteiger partial charge is 0.490 e. The van der Waals surface area contributed by atoms with E-state index < -0.39 is 17.8 Å².